The first-order valence-corrected chi connectivity index (χ1v) is 7.50. The van der Waals surface area contributed by atoms with E-state index in [1.807, 2.05) is 25.2 Å². The van der Waals surface area contributed by atoms with Crippen molar-refractivity contribution in [2.45, 2.75) is 18.6 Å². The molecular weight excluding hydrogens is 268 g/mol. The Balaban J connectivity index is 1.80. The number of nitrogens with zero attached hydrogens (tertiary/aromatic N) is 2. The first-order chi connectivity index (χ1) is 10.2. The molecular formula is C16H22N2O3. The molecule has 5 heteroatoms. The van der Waals surface area contributed by atoms with Crippen LogP contribution in [0.2, 0.25) is 0 Å². The lowest BCUT2D eigenvalue weighted by Gasteiger charge is -2.40. The van der Waals surface area contributed by atoms with Gasteiger partial charge in [0.15, 0.2) is 0 Å². The zero-order chi connectivity index (χ0) is 14.8. The van der Waals surface area contributed by atoms with Gasteiger partial charge in [-0.1, -0.05) is 24.3 Å². The van der Waals surface area contributed by atoms with E-state index in [1.165, 1.54) is 5.56 Å². The van der Waals surface area contributed by atoms with Gasteiger partial charge >= 0.3 is 0 Å². The van der Waals surface area contributed by atoms with Crippen LogP contribution < -0.4 is 0 Å². The predicted molar refractivity (Wildman–Crippen MR) is 78.9 cm³/mol. The summed E-state index contributed by atoms with van der Waals surface area (Å²) in [7, 11) is 2.00. The fourth-order valence-electron chi connectivity index (χ4n) is 3.22. The van der Waals surface area contributed by atoms with E-state index in [9.17, 15) is 9.90 Å². The average Bonchev–Trinajstić information content (AvgIpc) is 2.53. The van der Waals surface area contributed by atoms with Gasteiger partial charge in [-0.3, -0.25) is 4.79 Å². The maximum atomic E-state index is 12.7. The SMILES string of the molecule is CN1CCO[C@@H](C(=O)N2CCc3ccccc3[C@H]2CO)C1. The molecule has 1 aromatic rings. The lowest BCUT2D eigenvalue weighted by Crippen LogP contribution is -2.52. The van der Waals surface area contributed by atoms with Crippen molar-refractivity contribution in [3.8, 4) is 0 Å². The van der Waals surface area contributed by atoms with Crippen molar-refractivity contribution in [2.75, 3.05) is 39.9 Å². The van der Waals surface area contributed by atoms with Crippen LogP contribution in [0.4, 0.5) is 0 Å². The molecule has 21 heavy (non-hydrogen) atoms. The zero-order valence-electron chi connectivity index (χ0n) is 12.4. The van der Waals surface area contributed by atoms with E-state index >= 15 is 0 Å². The molecule has 1 saturated heterocycles. The Morgan fingerprint density at radius 1 is 1.38 bits per heavy atom. The zero-order valence-corrected chi connectivity index (χ0v) is 12.4. The molecule has 0 aromatic heterocycles. The Morgan fingerprint density at radius 2 is 2.19 bits per heavy atom. The van der Waals surface area contributed by atoms with Crippen molar-refractivity contribution < 1.29 is 14.6 Å². The molecule has 0 spiro atoms. The van der Waals surface area contributed by atoms with E-state index in [1.54, 1.807) is 4.90 Å². The first-order valence-electron chi connectivity index (χ1n) is 7.50. The van der Waals surface area contributed by atoms with Gasteiger partial charge in [-0.2, -0.15) is 0 Å². The maximum absolute atomic E-state index is 12.7. The summed E-state index contributed by atoms with van der Waals surface area (Å²) in [5.41, 5.74) is 2.28. The van der Waals surface area contributed by atoms with Crippen LogP contribution in [0, 0.1) is 0 Å². The van der Waals surface area contributed by atoms with Gasteiger partial charge in [0.05, 0.1) is 19.3 Å². The van der Waals surface area contributed by atoms with Gasteiger partial charge in [-0.25, -0.2) is 0 Å². The number of amides is 1. The summed E-state index contributed by atoms with van der Waals surface area (Å²) < 4.78 is 5.63. The van der Waals surface area contributed by atoms with E-state index in [0.717, 1.165) is 18.5 Å². The van der Waals surface area contributed by atoms with Crippen LogP contribution in [0.25, 0.3) is 0 Å². The number of aliphatic hydroxyl groups excluding tert-OH is 1. The third-order valence-corrected chi connectivity index (χ3v) is 4.41. The lowest BCUT2D eigenvalue weighted by atomic mass is 9.92. The second kappa shape index (κ2) is 6.13. The summed E-state index contributed by atoms with van der Waals surface area (Å²) in [5, 5.41) is 9.76. The number of carbonyl (C=O) groups excluding carboxylic acids is 1. The van der Waals surface area contributed by atoms with E-state index in [4.69, 9.17) is 4.74 Å². The highest BCUT2D eigenvalue weighted by atomic mass is 16.5. The monoisotopic (exact) mass is 290 g/mol. The third-order valence-electron chi connectivity index (χ3n) is 4.41. The Morgan fingerprint density at radius 3 is 2.95 bits per heavy atom. The molecule has 1 N–H and O–H groups in total. The first kappa shape index (κ1) is 14.5. The van der Waals surface area contributed by atoms with E-state index in [-0.39, 0.29) is 18.6 Å². The molecule has 0 aliphatic carbocycles. The average molecular weight is 290 g/mol. The van der Waals surface area contributed by atoms with Crippen LogP contribution in [-0.2, 0) is 16.0 Å². The number of ether oxygens (including phenoxy) is 1. The van der Waals surface area contributed by atoms with E-state index in [0.29, 0.717) is 19.7 Å². The number of likely N-dealkylation sites (N-methyl/N-ethyl adjacent to an activating group) is 1. The number of morpholine rings is 1. The molecule has 1 amide bonds. The summed E-state index contributed by atoms with van der Waals surface area (Å²) in [6.07, 6.45) is 0.420. The molecule has 0 unspecified atom stereocenters. The summed E-state index contributed by atoms with van der Waals surface area (Å²) >= 11 is 0. The fraction of sp³-hybridized carbons (Fsp3) is 0.562. The minimum atomic E-state index is -0.414. The number of benzene rings is 1. The Bertz CT molecular complexity index is 520. The Kier molecular flexibility index (Phi) is 4.24. The van der Waals surface area contributed by atoms with Crippen LogP contribution in [0.5, 0.6) is 0 Å². The predicted octanol–water partition coefficient (Wildman–Crippen LogP) is 0.435. The van der Waals surface area contributed by atoms with Gasteiger partial charge in [0.25, 0.3) is 5.91 Å². The number of hydrogen-bond acceptors (Lipinski definition) is 4. The number of rotatable bonds is 2. The molecule has 0 saturated carbocycles. The molecule has 1 fully saturated rings. The largest absolute Gasteiger partial charge is 0.394 e. The van der Waals surface area contributed by atoms with Crippen LogP contribution in [-0.4, -0.2) is 66.8 Å². The summed E-state index contributed by atoms with van der Waals surface area (Å²) in [6, 6.07) is 7.79. The Hall–Kier alpha value is -1.43. The molecule has 5 nitrogen and oxygen atoms in total. The van der Waals surface area contributed by atoms with Gasteiger partial charge in [-0.15, -0.1) is 0 Å². The summed E-state index contributed by atoms with van der Waals surface area (Å²) in [5.74, 6) is -0.00453. The quantitative estimate of drug-likeness (QED) is 0.858. The van der Waals surface area contributed by atoms with Crippen LogP contribution in [0.15, 0.2) is 24.3 Å². The number of carbonyl (C=O) groups is 1. The van der Waals surface area contributed by atoms with Crippen LogP contribution in [0.1, 0.15) is 17.2 Å². The van der Waals surface area contributed by atoms with Gasteiger partial charge < -0.3 is 19.6 Å². The molecule has 3 rings (SSSR count). The van der Waals surface area contributed by atoms with Crippen molar-refractivity contribution in [3.05, 3.63) is 35.4 Å². The highest BCUT2D eigenvalue weighted by Crippen LogP contribution is 2.30. The molecule has 2 heterocycles. The molecule has 0 bridgehead atoms. The molecule has 2 aliphatic heterocycles. The smallest absolute Gasteiger partial charge is 0.253 e. The van der Waals surface area contributed by atoms with Gasteiger partial charge in [0.2, 0.25) is 0 Å². The second-order valence-corrected chi connectivity index (χ2v) is 5.80. The van der Waals surface area contributed by atoms with Crippen molar-refractivity contribution in [1.82, 2.24) is 9.80 Å². The molecule has 114 valence electrons. The molecule has 2 aliphatic rings. The van der Waals surface area contributed by atoms with Gasteiger partial charge in [-0.05, 0) is 24.6 Å². The maximum Gasteiger partial charge on any atom is 0.253 e. The molecule has 0 radical (unpaired) electrons. The number of hydrogen-bond donors (Lipinski definition) is 1. The van der Waals surface area contributed by atoms with Crippen LogP contribution in [0.3, 0.4) is 0 Å². The minimum absolute atomic E-state index is 0.00453. The third kappa shape index (κ3) is 2.81. The van der Waals surface area contributed by atoms with Crippen LogP contribution >= 0.6 is 0 Å². The number of aliphatic hydroxyl groups is 1. The van der Waals surface area contributed by atoms with E-state index in [2.05, 4.69) is 11.0 Å². The summed E-state index contributed by atoms with van der Waals surface area (Å²) in [6.45, 7) is 2.66. The van der Waals surface area contributed by atoms with E-state index < -0.39 is 6.10 Å². The fourth-order valence-corrected chi connectivity index (χ4v) is 3.22. The minimum Gasteiger partial charge on any atom is -0.394 e. The molecule has 1 aromatic carbocycles. The normalized spacial score (nSPS) is 26.5. The lowest BCUT2D eigenvalue weighted by molar-refractivity contribution is -0.152. The standard InChI is InChI=1S/C16H22N2O3/c1-17-8-9-21-15(10-17)16(20)18-7-6-12-4-2-3-5-13(12)14(18)11-19/h2-5,14-15,19H,6-11H2,1H3/t14-,15-/m1/s1. The topological polar surface area (TPSA) is 53.0 Å². The highest BCUT2D eigenvalue weighted by molar-refractivity contribution is 5.82. The Labute approximate surface area is 125 Å². The number of fused-ring (bicyclic) bond motifs is 1. The van der Waals surface area contributed by atoms with Crippen molar-refractivity contribution >= 4 is 5.91 Å². The summed E-state index contributed by atoms with van der Waals surface area (Å²) in [4.78, 5) is 16.6. The van der Waals surface area contributed by atoms with Crippen molar-refractivity contribution in [1.29, 1.82) is 0 Å². The van der Waals surface area contributed by atoms with Crippen molar-refractivity contribution in [3.63, 3.8) is 0 Å². The molecule has 2 atom stereocenters. The second-order valence-electron chi connectivity index (χ2n) is 5.80. The van der Waals surface area contributed by atoms with Gasteiger partial charge in [0, 0.05) is 19.6 Å². The highest BCUT2D eigenvalue weighted by Gasteiger charge is 2.35. The van der Waals surface area contributed by atoms with Crippen molar-refractivity contribution in [2.24, 2.45) is 0 Å². The van der Waals surface area contributed by atoms with Gasteiger partial charge in [0.1, 0.15) is 6.10 Å².